The molecule has 1 aromatic heterocycles. The van der Waals surface area contributed by atoms with E-state index in [1.165, 1.54) is 18.3 Å². The zero-order valence-corrected chi connectivity index (χ0v) is 11.2. The summed E-state index contributed by atoms with van der Waals surface area (Å²) in [5.41, 5.74) is -0.602. The number of rotatable bonds is 4. The van der Waals surface area contributed by atoms with Crippen LogP contribution in [0.5, 0.6) is 0 Å². The van der Waals surface area contributed by atoms with E-state index in [4.69, 9.17) is 0 Å². The second-order valence-electron chi connectivity index (χ2n) is 3.99. The van der Waals surface area contributed by atoms with Gasteiger partial charge in [-0.2, -0.15) is 0 Å². The van der Waals surface area contributed by atoms with Crippen molar-refractivity contribution >= 4 is 22.9 Å². The first-order valence-corrected chi connectivity index (χ1v) is 6.48. The SMILES string of the molecule is Cc1cc([N+](=O)[O-])cc(C(=O)NCc2nccs2)c1F. The molecule has 0 fully saturated rings. The topological polar surface area (TPSA) is 85.1 Å². The summed E-state index contributed by atoms with van der Waals surface area (Å²) in [4.78, 5) is 25.9. The Hall–Kier alpha value is -2.35. The summed E-state index contributed by atoms with van der Waals surface area (Å²) in [7, 11) is 0. The van der Waals surface area contributed by atoms with Crippen molar-refractivity contribution in [1.29, 1.82) is 0 Å². The summed E-state index contributed by atoms with van der Waals surface area (Å²) < 4.78 is 13.9. The summed E-state index contributed by atoms with van der Waals surface area (Å²) in [6, 6.07) is 2.02. The number of nitro benzene ring substituents is 1. The van der Waals surface area contributed by atoms with Crippen molar-refractivity contribution < 1.29 is 14.1 Å². The zero-order chi connectivity index (χ0) is 14.7. The summed E-state index contributed by atoms with van der Waals surface area (Å²) >= 11 is 1.35. The molecule has 104 valence electrons. The van der Waals surface area contributed by atoms with Gasteiger partial charge >= 0.3 is 0 Å². The number of hydrogen-bond acceptors (Lipinski definition) is 5. The van der Waals surface area contributed by atoms with Crippen molar-refractivity contribution in [3.8, 4) is 0 Å². The molecule has 0 bridgehead atoms. The molecule has 0 aliphatic heterocycles. The maximum absolute atomic E-state index is 13.9. The van der Waals surface area contributed by atoms with Crippen molar-refractivity contribution in [2.45, 2.75) is 13.5 Å². The molecular weight excluding hydrogens is 285 g/mol. The Morgan fingerprint density at radius 3 is 2.90 bits per heavy atom. The highest BCUT2D eigenvalue weighted by atomic mass is 32.1. The fourth-order valence-corrected chi connectivity index (χ4v) is 2.17. The van der Waals surface area contributed by atoms with Crippen LogP contribution in [0.4, 0.5) is 10.1 Å². The molecule has 8 heteroatoms. The van der Waals surface area contributed by atoms with Crippen LogP contribution in [0.25, 0.3) is 0 Å². The van der Waals surface area contributed by atoms with Crippen LogP contribution in [0.2, 0.25) is 0 Å². The normalized spacial score (nSPS) is 10.3. The van der Waals surface area contributed by atoms with Crippen LogP contribution in [0, 0.1) is 22.9 Å². The molecule has 0 saturated heterocycles. The molecule has 0 atom stereocenters. The van der Waals surface area contributed by atoms with Crippen molar-refractivity contribution in [1.82, 2.24) is 10.3 Å². The molecule has 1 aromatic carbocycles. The van der Waals surface area contributed by atoms with Gasteiger partial charge in [0, 0.05) is 23.7 Å². The lowest BCUT2D eigenvalue weighted by molar-refractivity contribution is -0.385. The average Bonchev–Trinajstić information content (AvgIpc) is 2.92. The molecule has 0 unspecified atom stereocenters. The summed E-state index contributed by atoms with van der Waals surface area (Å²) in [5, 5.41) is 15.6. The molecule has 6 nitrogen and oxygen atoms in total. The van der Waals surface area contributed by atoms with Crippen LogP contribution in [-0.4, -0.2) is 15.8 Å². The third kappa shape index (κ3) is 2.97. The largest absolute Gasteiger partial charge is 0.345 e. The average molecular weight is 295 g/mol. The van der Waals surface area contributed by atoms with Gasteiger partial charge in [-0.15, -0.1) is 11.3 Å². The highest BCUT2D eigenvalue weighted by molar-refractivity contribution is 7.09. The highest BCUT2D eigenvalue weighted by Gasteiger charge is 2.19. The minimum Gasteiger partial charge on any atom is -0.345 e. The van der Waals surface area contributed by atoms with Crippen molar-refractivity contribution in [2.75, 3.05) is 0 Å². The first kappa shape index (κ1) is 14.1. The molecule has 1 N–H and O–H groups in total. The van der Waals surface area contributed by atoms with Gasteiger partial charge in [-0.1, -0.05) is 0 Å². The number of nitro groups is 1. The number of aryl methyl sites for hydroxylation is 1. The Labute approximate surface area is 117 Å². The van der Waals surface area contributed by atoms with E-state index in [2.05, 4.69) is 10.3 Å². The number of non-ortho nitro benzene ring substituents is 1. The molecular formula is C12H10FN3O3S. The number of nitrogens with zero attached hydrogens (tertiary/aromatic N) is 2. The van der Waals surface area contributed by atoms with E-state index in [1.807, 2.05) is 0 Å². The van der Waals surface area contributed by atoms with E-state index in [0.29, 0.717) is 5.01 Å². The van der Waals surface area contributed by atoms with E-state index >= 15 is 0 Å². The number of halogens is 1. The van der Waals surface area contributed by atoms with Gasteiger partial charge in [-0.25, -0.2) is 9.37 Å². The molecule has 1 heterocycles. The van der Waals surface area contributed by atoms with Crippen LogP contribution >= 0.6 is 11.3 Å². The number of aromatic nitrogens is 1. The fraction of sp³-hybridized carbons (Fsp3) is 0.167. The number of carbonyl (C=O) groups excluding carboxylic acids is 1. The lowest BCUT2D eigenvalue weighted by Crippen LogP contribution is -2.24. The third-order valence-corrected chi connectivity index (χ3v) is 3.36. The van der Waals surface area contributed by atoms with Crippen molar-refractivity contribution in [2.24, 2.45) is 0 Å². The van der Waals surface area contributed by atoms with Gasteiger partial charge in [0.15, 0.2) is 0 Å². The number of hydrogen-bond donors (Lipinski definition) is 1. The van der Waals surface area contributed by atoms with Gasteiger partial charge in [-0.05, 0) is 12.5 Å². The molecule has 1 amide bonds. The lowest BCUT2D eigenvalue weighted by Gasteiger charge is -2.06. The summed E-state index contributed by atoms with van der Waals surface area (Å²) in [5.74, 6) is -1.46. The predicted molar refractivity (Wildman–Crippen MR) is 71.1 cm³/mol. The minimum absolute atomic E-state index is 0.0543. The fourth-order valence-electron chi connectivity index (χ4n) is 1.61. The van der Waals surface area contributed by atoms with Crippen molar-refractivity contribution in [3.63, 3.8) is 0 Å². The van der Waals surface area contributed by atoms with Gasteiger partial charge in [0.2, 0.25) is 0 Å². The van der Waals surface area contributed by atoms with E-state index in [9.17, 15) is 19.3 Å². The molecule has 0 radical (unpaired) electrons. The van der Waals surface area contributed by atoms with Crippen molar-refractivity contribution in [3.05, 3.63) is 55.8 Å². The molecule has 0 saturated carbocycles. The Morgan fingerprint density at radius 1 is 1.55 bits per heavy atom. The number of benzene rings is 1. The Kier molecular flexibility index (Phi) is 4.04. The summed E-state index contributed by atoms with van der Waals surface area (Å²) in [6.45, 7) is 1.53. The van der Waals surface area contributed by atoms with Crippen LogP contribution in [0.1, 0.15) is 20.9 Å². The quantitative estimate of drug-likeness (QED) is 0.693. The summed E-state index contributed by atoms with van der Waals surface area (Å²) in [6.07, 6.45) is 1.59. The maximum atomic E-state index is 13.9. The maximum Gasteiger partial charge on any atom is 0.270 e. The number of nitrogens with one attached hydrogen (secondary N) is 1. The third-order valence-electron chi connectivity index (χ3n) is 2.58. The molecule has 0 aliphatic carbocycles. The second kappa shape index (κ2) is 5.74. The molecule has 20 heavy (non-hydrogen) atoms. The van der Waals surface area contributed by atoms with Gasteiger partial charge in [0.05, 0.1) is 17.0 Å². The smallest absolute Gasteiger partial charge is 0.270 e. The zero-order valence-electron chi connectivity index (χ0n) is 10.4. The standard InChI is InChI=1S/C12H10FN3O3S/c1-7-4-8(16(18)19)5-9(11(7)13)12(17)15-6-10-14-2-3-20-10/h2-5H,6H2,1H3,(H,15,17). The molecule has 0 aliphatic rings. The van der Waals surface area contributed by atoms with Crippen LogP contribution in [-0.2, 0) is 6.54 Å². The van der Waals surface area contributed by atoms with Gasteiger partial charge in [0.25, 0.3) is 11.6 Å². The lowest BCUT2D eigenvalue weighted by atomic mass is 10.1. The number of thiazole rings is 1. The first-order valence-electron chi connectivity index (χ1n) is 5.60. The van der Waals surface area contributed by atoms with E-state index in [1.54, 1.807) is 11.6 Å². The Bertz CT molecular complexity index is 658. The minimum atomic E-state index is -0.757. The van der Waals surface area contributed by atoms with Gasteiger partial charge in [0.1, 0.15) is 10.8 Å². The Morgan fingerprint density at radius 2 is 2.30 bits per heavy atom. The predicted octanol–water partition coefficient (Wildman–Crippen LogP) is 2.43. The van der Waals surface area contributed by atoms with E-state index < -0.39 is 16.6 Å². The van der Waals surface area contributed by atoms with Crippen LogP contribution in [0.15, 0.2) is 23.7 Å². The van der Waals surface area contributed by atoms with Crippen LogP contribution in [0.3, 0.4) is 0 Å². The Balaban J connectivity index is 2.22. The number of amides is 1. The molecule has 2 rings (SSSR count). The van der Waals surface area contributed by atoms with E-state index in [0.717, 1.165) is 12.1 Å². The second-order valence-corrected chi connectivity index (χ2v) is 4.97. The monoisotopic (exact) mass is 295 g/mol. The highest BCUT2D eigenvalue weighted by Crippen LogP contribution is 2.21. The number of carbonyl (C=O) groups is 1. The van der Waals surface area contributed by atoms with Gasteiger partial charge < -0.3 is 5.32 Å². The molecule has 0 spiro atoms. The first-order chi connectivity index (χ1) is 9.49. The van der Waals surface area contributed by atoms with E-state index in [-0.39, 0.29) is 23.4 Å². The van der Waals surface area contributed by atoms with Crippen LogP contribution < -0.4 is 5.32 Å². The molecule has 2 aromatic rings. The van der Waals surface area contributed by atoms with Gasteiger partial charge in [-0.3, -0.25) is 14.9 Å².